The zero-order valence-corrected chi connectivity index (χ0v) is 9.58. The lowest BCUT2D eigenvalue weighted by Gasteiger charge is -2.11. The Morgan fingerprint density at radius 3 is 2.40 bits per heavy atom. The SMILES string of the molecule is [B]c1ccc(C(N)CCCCCC)cc1. The fraction of sp³-hybridized carbons (Fsp3) is 0.538. The van der Waals surface area contributed by atoms with Crippen molar-refractivity contribution in [3.63, 3.8) is 0 Å². The minimum atomic E-state index is 0.169. The molecule has 0 amide bonds. The monoisotopic (exact) mass is 201 g/mol. The predicted octanol–water partition coefficient (Wildman–Crippen LogP) is 2.45. The van der Waals surface area contributed by atoms with Crippen LogP contribution in [0.25, 0.3) is 0 Å². The van der Waals surface area contributed by atoms with Gasteiger partial charge in [-0.2, -0.15) is 0 Å². The number of rotatable bonds is 6. The molecule has 1 atom stereocenters. The van der Waals surface area contributed by atoms with E-state index in [-0.39, 0.29) is 6.04 Å². The predicted molar refractivity (Wildman–Crippen MR) is 67.5 cm³/mol. The molecule has 0 aliphatic rings. The maximum atomic E-state index is 6.09. The minimum Gasteiger partial charge on any atom is -0.324 e. The summed E-state index contributed by atoms with van der Waals surface area (Å²) in [5.74, 6) is 0. The van der Waals surface area contributed by atoms with Crippen molar-refractivity contribution in [2.24, 2.45) is 5.73 Å². The normalized spacial score (nSPS) is 12.7. The van der Waals surface area contributed by atoms with Crippen molar-refractivity contribution in [2.45, 2.75) is 45.1 Å². The van der Waals surface area contributed by atoms with Gasteiger partial charge in [0, 0.05) is 6.04 Å². The molecule has 0 aliphatic carbocycles. The summed E-state index contributed by atoms with van der Waals surface area (Å²) in [4.78, 5) is 0. The molecule has 1 nitrogen and oxygen atoms in total. The average Bonchev–Trinajstić information content (AvgIpc) is 2.25. The lowest BCUT2D eigenvalue weighted by molar-refractivity contribution is 0.566. The summed E-state index contributed by atoms with van der Waals surface area (Å²) in [7, 11) is 5.63. The molecule has 1 aromatic carbocycles. The van der Waals surface area contributed by atoms with Gasteiger partial charge in [0.1, 0.15) is 7.85 Å². The van der Waals surface area contributed by atoms with Crippen LogP contribution in [0.3, 0.4) is 0 Å². The summed E-state index contributed by atoms with van der Waals surface area (Å²) in [6, 6.07) is 8.06. The molecule has 80 valence electrons. The van der Waals surface area contributed by atoms with Gasteiger partial charge >= 0.3 is 0 Å². The van der Waals surface area contributed by atoms with Crippen molar-refractivity contribution >= 4 is 13.3 Å². The molecule has 0 bridgehead atoms. The topological polar surface area (TPSA) is 26.0 Å². The lowest BCUT2D eigenvalue weighted by Crippen LogP contribution is -2.11. The largest absolute Gasteiger partial charge is 0.324 e. The van der Waals surface area contributed by atoms with E-state index in [2.05, 4.69) is 6.92 Å². The molecular weight excluding hydrogens is 181 g/mol. The van der Waals surface area contributed by atoms with Gasteiger partial charge in [-0.05, 0) is 12.0 Å². The first-order chi connectivity index (χ1) is 7.24. The molecule has 0 saturated heterocycles. The van der Waals surface area contributed by atoms with Crippen LogP contribution < -0.4 is 11.2 Å². The Kier molecular flexibility index (Phi) is 5.48. The highest BCUT2D eigenvalue weighted by Gasteiger charge is 2.04. The third-order valence-corrected chi connectivity index (χ3v) is 2.73. The number of nitrogens with two attached hydrogens (primary N) is 1. The first-order valence-corrected chi connectivity index (χ1v) is 5.85. The van der Waals surface area contributed by atoms with Crippen molar-refractivity contribution < 1.29 is 0 Å². The van der Waals surface area contributed by atoms with Crippen molar-refractivity contribution in [2.75, 3.05) is 0 Å². The van der Waals surface area contributed by atoms with Gasteiger partial charge in [0.2, 0.25) is 0 Å². The van der Waals surface area contributed by atoms with Gasteiger partial charge in [0.05, 0.1) is 0 Å². The van der Waals surface area contributed by atoms with Gasteiger partial charge in [0.15, 0.2) is 0 Å². The molecule has 1 unspecified atom stereocenters. The number of hydrogen-bond donors (Lipinski definition) is 1. The van der Waals surface area contributed by atoms with Crippen molar-refractivity contribution in [1.82, 2.24) is 0 Å². The highest BCUT2D eigenvalue weighted by molar-refractivity contribution is 6.32. The van der Waals surface area contributed by atoms with Crippen LogP contribution >= 0.6 is 0 Å². The van der Waals surface area contributed by atoms with Gasteiger partial charge in [-0.25, -0.2) is 0 Å². The van der Waals surface area contributed by atoms with Gasteiger partial charge < -0.3 is 5.73 Å². The first-order valence-electron chi connectivity index (χ1n) is 5.85. The van der Waals surface area contributed by atoms with Crippen LogP contribution in [-0.4, -0.2) is 7.85 Å². The van der Waals surface area contributed by atoms with Crippen molar-refractivity contribution in [1.29, 1.82) is 0 Å². The van der Waals surface area contributed by atoms with Crippen LogP contribution in [0.5, 0.6) is 0 Å². The molecule has 0 saturated carbocycles. The van der Waals surface area contributed by atoms with Crippen LogP contribution in [0.15, 0.2) is 24.3 Å². The maximum absolute atomic E-state index is 6.09. The van der Waals surface area contributed by atoms with Crippen molar-refractivity contribution in [3.8, 4) is 0 Å². The molecule has 0 spiro atoms. The lowest BCUT2D eigenvalue weighted by atomic mass is 9.93. The fourth-order valence-electron chi connectivity index (χ4n) is 1.70. The highest BCUT2D eigenvalue weighted by Crippen LogP contribution is 2.16. The average molecular weight is 201 g/mol. The molecule has 2 N–H and O–H groups in total. The van der Waals surface area contributed by atoms with Crippen LogP contribution in [0, 0.1) is 0 Å². The van der Waals surface area contributed by atoms with Gasteiger partial charge in [-0.3, -0.25) is 0 Å². The second-order valence-corrected chi connectivity index (χ2v) is 4.12. The standard InChI is InChI=1S/C13H20BN/c1-2-3-4-5-6-13(15)11-7-9-12(14)10-8-11/h7-10,13H,2-6,15H2,1H3. The number of benzene rings is 1. The first kappa shape index (κ1) is 12.3. The Balaban J connectivity index is 2.33. The van der Waals surface area contributed by atoms with E-state index < -0.39 is 0 Å². The van der Waals surface area contributed by atoms with Crippen LogP contribution in [0.1, 0.15) is 50.6 Å². The van der Waals surface area contributed by atoms with E-state index in [4.69, 9.17) is 13.6 Å². The molecule has 1 aromatic rings. The van der Waals surface area contributed by atoms with E-state index in [9.17, 15) is 0 Å². The van der Waals surface area contributed by atoms with Crippen LogP contribution in [-0.2, 0) is 0 Å². The van der Waals surface area contributed by atoms with Crippen LogP contribution in [0.4, 0.5) is 0 Å². The molecule has 15 heavy (non-hydrogen) atoms. The second kappa shape index (κ2) is 6.68. The van der Waals surface area contributed by atoms with Gasteiger partial charge in [0.25, 0.3) is 0 Å². The minimum absolute atomic E-state index is 0.169. The Bertz CT molecular complexity index is 268. The Hall–Kier alpha value is -0.755. The van der Waals surface area contributed by atoms with Crippen LogP contribution in [0.2, 0.25) is 0 Å². The quantitative estimate of drug-likeness (QED) is 0.555. The molecule has 2 radical (unpaired) electrons. The molecule has 0 fully saturated rings. The fourth-order valence-corrected chi connectivity index (χ4v) is 1.70. The highest BCUT2D eigenvalue weighted by atomic mass is 14.6. The molecule has 0 aliphatic heterocycles. The summed E-state index contributed by atoms with van der Waals surface area (Å²) < 4.78 is 0. The van der Waals surface area contributed by atoms with E-state index in [1.807, 2.05) is 24.3 Å². The van der Waals surface area contributed by atoms with E-state index in [0.717, 1.165) is 11.9 Å². The Morgan fingerprint density at radius 2 is 1.80 bits per heavy atom. The van der Waals surface area contributed by atoms with Crippen molar-refractivity contribution in [3.05, 3.63) is 29.8 Å². The van der Waals surface area contributed by atoms with Gasteiger partial charge in [-0.1, -0.05) is 62.3 Å². The summed E-state index contributed by atoms with van der Waals surface area (Å²) in [5.41, 5.74) is 8.08. The maximum Gasteiger partial charge on any atom is 0.113 e. The molecule has 0 heterocycles. The van der Waals surface area contributed by atoms with E-state index in [1.54, 1.807) is 0 Å². The Labute approximate surface area is 94.5 Å². The van der Waals surface area contributed by atoms with E-state index >= 15 is 0 Å². The van der Waals surface area contributed by atoms with Gasteiger partial charge in [-0.15, -0.1) is 0 Å². The summed E-state index contributed by atoms with van der Waals surface area (Å²) in [6.07, 6.45) is 6.17. The summed E-state index contributed by atoms with van der Waals surface area (Å²) in [5, 5.41) is 0. The molecule has 2 heteroatoms. The smallest absolute Gasteiger partial charge is 0.113 e. The zero-order chi connectivity index (χ0) is 11.1. The van der Waals surface area contributed by atoms with E-state index in [0.29, 0.717) is 0 Å². The molecular formula is C13H20BN. The second-order valence-electron chi connectivity index (χ2n) is 4.12. The zero-order valence-electron chi connectivity index (χ0n) is 9.58. The number of unbranched alkanes of at least 4 members (excludes halogenated alkanes) is 3. The molecule has 0 aromatic heterocycles. The molecule has 1 rings (SSSR count). The summed E-state index contributed by atoms with van der Waals surface area (Å²) in [6.45, 7) is 2.22. The summed E-state index contributed by atoms with van der Waals surface area (Å²) >= 11 is 0. The Morgan fingerprint density at radius 1 is 1.13 bits per heavy atom. The third kappa shape index (κ3) is 4.52. The third-order valence-electron chi connectivity index (χ3n) is 2.73. The van der Waals surface area contributed by atoms with E-state index in [1.165, 1.54) is 31.2 Å². The number of hydrogen-bond acceptors (Lipinski definition) is 1.